The van der Waals surface area contributed by atoms with Gasteiger partial charge in [-0.25, -0.2) is 0 Å². The lowest BCUT2D eigenvalue weighted by Gasteiger charge is -2.11. The average molecular weight is 388 g/mol. The molecule has 0 spiro atoms. The molecule has 0 saturated carbocycles. The number of pyridine rings is 1. The van der Waals surface area contributed by atoms with E-state index >= 15 is 0 Å². The minimum absolute atomic E-state index is 0.0494. The van der Waals surface area contributed by atoms with Crippen LogP contribution in [0.4, 0.5) is 0 Å². The highest BCUT2D eigenvalue weighted by molar-refractivity contribution is 6.31. The van der Waals surface area contributed by atoms with Crippen LogP contribution in [0.25, 0.3) is 27.5 Å². The molecule has 0 unspecified atom stereocenters. The first-order chi connectivity index (χ1) is 12.4. The SMILES string of the molecule is Cc1cc(Cl)ccc1-n1nc(O)c2c(=O)c3ccc(Cl)cc3[nH]c2c1=O. The zero-order valence-corrected chi connectivity index (χ0v) is 14.9. The van der Waals surface area contributed by atoms with E-state index in [9.17, 15) is 14.7 Å². The smallest absolute Gasteiger partial charge is 0.296 e. The number of aromatic amines is 1. The van der Waals surface area contributed by atoms with Gasteiger partial charge in [0.15, 0.2) is 0 Å². The molecule has 2 aromatic carbocycles. The number of nitrogens with one attached hydrogen (secondary N) is 1. The molecule has 0 saturated heterocycles. The highest BCUT2D eigenvalue weighted by Gasteiger charge is 2.18. The van der Waals surface area contributed by atoms with E-state index in [1.54, 1.807) is 37.3 Å². The first-order valence-corrected chi connectivity index (χ1v) is 8.36. The fourth-order valence-corrected chi connectivity index (χ4v) is 3.35. The van der Waals surface area contributed by atoms with Gasteiger partial charge in [0.1, 0.15) is 10.9 Å². The van der Waals surface area contributed by atoms with E-state index in [4.69, 9.17) is 23.2 Å². The molecular formula is C18H11Cl2N3O3. The standard InChI is InChI=1S/C18H11Cl2N3O3/c1-8-6-9(19)3-5-13(8)23-18(26)15-14(17(25)22-23)16(24)11-4-2-10(20)7-12(11)21-15/h2-7H,1H3,(H,21,24)(H,22,25). The molecule has 0 fully saturated rings. The molecule has 4 aromatic rings. The summed E-state index contributed by atoms with van der Waals surface area (Å²) in [6.45, 7) is 1.76. The molecule has 6 nitrogen and oxygen atoms in total. The number of rotatable bonds is 1. The number of H-pyrrole nitrogens is 1. The third kappa shape index (κ3) is 2.46. The summed E-state index contributed by atoms with van der Waals surface area (Å²) in [5, 5.41) is 15.3. The van der Waals surface area contributed by atoms with Crippen LogP contribution in [0.5, 0.6) is 5.88 Å². The molecule has 0 radical (unpaired) electrons. The van der Waals surface area contributed by atoms with Crippen LogP contribution in [0.2, 0.25) is 10.0 Å². The van der Waals surface area contributed by atoms with Crippen molar-refractivity contribution in [2.45, 2.75) is 6.92 Å². The molecule has 8 heteroatoms. The fourth-order valence-electron chi connectivity index (χ4n) is 2.95. The highest BCUT2D eigenvalue weighted by atomic mass is 35.5. The van der Waals surface area contributed by atoms with Gasteiger partial charge in [0, 0.05) is 15.4 Å². The average Bonchev–Trinajstić information content (AvgIpc) is 2.58. The van der Waals surface area contributed by atoms with E-state index < -0.39 is 16.9 Å². The number of hydrogen-bond donors (Lipinski definition) is 2. The van der Waals surface area contributed by atoms with Gasteiger partial charge < -0.3 is 10.1 Å². The number of fused-ring (bicyclic) bond motifs is 2. The Labute approximate surface area is 156 Å². The van der Waals surface area contributed by atoms with Crippen molar-refractivity contribution in [3.05, 3.63) is 72.6 Å². The second-order valence-corrected chi connectivity index (χ2v) is 6.74. The van der Waals surface area contributed by atoms with Gasteiger partial charge in [0.25, 0.3) is 5.56 Å². The maximum atomic E-state index is 13.0. The number of aryl methyl sites for hydroxylation is 1. The monoisotopic (exact) mass is 387 g/mol. The lowest BCUT2D eigenvalue weighted by atomic mass is 10.1. The molecule has 0 aliphatic carbocycles. The number of nitrogens with zero attached hydrogens (tertiary/aromatic N) is 2. The Kier molecular flexibility index (Phi) is 3.75. The van der Waals surface area contributed by atoms with Crippen LogP contribution >= 0.6 is 23.2 Å². The molecule has 0 aliphatic heterocycles. The van der Waals surface area contributed by atoms with Gasteiger partial charge in [0.2, 0.25) is 11.3 Å². The van der Waals surface area contributed by atoms with Gasteiger partial charge in [0.05, 0.1) is 11.2 Å². The van der Waals surface area contributed by atoms with Crippen LogP contribution < -0.4 is 11.0 Å². The van der Waals surface area contributed by atoms with E-state index in [1.807, 2.05) is 0 Å². The van der Waals surface area contributed by atoms with Crippen LogP contribution in [-0.2, 0) is 0 Å². The van der Waals surface area contributed by atoms with E-state index in [2.05, 4.69) is 10.1 Å². The van der Waals surface area contributed by atoms with Crippen LogP contribution in [0.1, 0.15) is 5.56 Å². The van der Waals surface area contributed by atoms with Crippen molar-refractivity contribution in [3.63, 3.8) is 0 Å². The summed E-state index contributed by atoms with van der Waals surface area (Å²) in [4.78, 5) is 28.6. The summed E-state index contributed by atoms with van der Waals surface area (Å²) < 4.78 is 1.04. The summed E-state index contributed by atoms with van der Waals surface area (Å²) in [5.74, 6) is -0.535. The molecule has 0 bridgehead atoms. The Morgan fingerprint density at radius 2 is 1.77 bits per heavy atom. The lowest BCUT2D eigenvalue weighted by Crippen LogP contribution is -2.25. The summed E-state index contributed by atoms with van der Waals surface area (Å²) in [7, 11) is 0. The van der Waals surface area contributed by atoms with Crippen molar-refractivity contribution in [1.82, 2.24) is 14.8 Å². The molecule has 0 atom stereocenters. The predicted molar refractivity (Wildman–Crippen MR) is 102 cm³/mol. The highest BCUT2D eigenvalue weighted by Crippen LogP contribution is 2.23. The Bertz CT molecular complexity index is 1330. The molecule has 4 rings (SSSR count). The molecule has 2 heterocycles. The van der Waals surface area contributed by atoms with Gasteiger partial charge in [-0.05, 0) is 48.9 Å². The van der Waals surface area contributed by atoms with Crippen molar-refractivity contribution in [1.29, 1.82) is 0 Å². The maximum absolute atomic E-state index is 13.0. The number of aromatic nitrogens is 3. The largest absolute Gasteiger partial charge is 0.492 e. The Morgan fingerprint density at radius 3 is 2.50 bits per heavy atom. The van der Waals surface area contributed by atoms with E-state index in [0.29, 0.717) is 32.2 Å². The minimum Gasteiger partial charge on any atom is -0.492 e. The van der Waals surface area contributed by atoms with Gasteiger partial charge in [-0.1, -0.05) is 23.2 Å². The Hall–Kier alpha value is -2.83. The number of aromatic hydroxyl groups is 1. The van der Waals surface area contributed by atoms with Crippen molar-refractivity contribution in [2.75, 3.05) is 0 Å². The zero-order valence-electron chi connectivity index (χ0n) is 13.4. The van der Waals surface area contributed by atoms with Crippen LogP contribution in [0, 0.1) is 6.92 Å². The molecule has 0 amide bonds. The first-order valence-electron chi connectivity index (χ1n) is 7.61. The number of halogens is 2. The van der Waals surface area contributed by atoms with Crippen molar-refractivity contribution >= 4 is 45.0 Å². The third-order valence-corrected chi connectivity index (χ3v) is 4.64. The van der Waals surface area contributed by atoms with E-state index in [-0.39, 0.29) is 10.9 Å². The molecule has 0 aliphatic rings. The summed E-state index contributed by atoms with van der Waals surface area (Å²) in [5.41, 5.74) is 0.430. The maximum Gasteiger partial charge on any atom is 0.296 e. The van der Waals surface area contributed by atoms with Crippen molar-refractivity contribution in [3.8, 4) is 11.6 Å². The van der Waals surface area contributed by atoms with Gasteiger partial charge in [-0.15, -0.1) is 5.10 Å². The third-order valence-electron chi connectivity index (χ3n) is 4.17. The van der Waals surface area contributed by atoms with Crippen LogP contribution in [0.15, 0.2) is 46.0 Å². The predicted octanol–water partition coefficient (Wildman–Crippen LogP) is 3.55. The topological polar surface area (TPSA) is 88.0 Å². The van der Waals surface area contributed by atoms with Crippen LogP contribution in [-0.4, -0.2) is 19.9 Å². The normalized spacial score (nSPS) is 11.3. The van der Waals surface area contributed by atoms with E-state index in [1.165, 1.54) is 6.07 Å². The van der Waals surface area contributed by atoms with Crippen molar-refractivity contribution in [2.24, 2.45) is 0 Å². The fraction of sp³-hybridized carbons (Fsp3) is 0.0556. The minimum atomic E-state index is -0.567. The Morgan fingerprint density at radius 1 is 1.08 bits per heavy atom. The number of hydrogen-bond acceptors (Lipinski definition) is 4. The van der Waals surface area contributed by atoms with Crippen molar-refractivity contribution < 1.29 is 5.11 Å². The molecule has 130 valence electrons. The summed E-state index contributed by atoms with van der Waals surface area (Å²) >= 11 is 11.9. The Balaban J connectivity index is 2.16. The molecular weight excluding hydrogens is 377 g/mol. The molecule has 26 heavy (non-hydrogen) atoms. The number of benzene rings is 2. The molecule has 2 aromatic heterocycles. The quantitative estimate of drug-likeness (QED) is 0.488. The van der Waals surface area contributed by atoms with Gasteiger partial charge in [-0.3, -0.25) is 9.59 Å². The first kappa shape index (κ1) is 16.6. The molecule has 2 N–H and O–H groups in total. The summed E-state index contributed by atoms with van der Waals surface area (Å²) in [6, 6.07) is 9.55. The lowest BCUT2D eigenvalue weighted by molar-refractivity contribution is 0.444. The van der Waals surface area contributed by atoms with Crippen LogP contribution in [0.3, 0.4) is 0 Å². The second kappa shape index (κ2) is 5.86. The van der Waals surface area contributed by atoms with Gasteiger partial charge in [-0.2, -0.15) is 4.68 Å². The van der Waals surface area contributed by atoms with Gasteiger partial charge >= 0.3 is 0 Å². The van der Waals surface area contributed by atoms with E-state index in [0.717, 1.165) is 4.68 Å². The second-order valence-electron chi connectivity index (χ2n) is 5.87. The zero-order chi connectivity index (χ0) is 18.6. The summed E-state index contributed by atoms with van der Waals surface area (Å²) in [6.07, 6.45) is 0.